The second-order valence-corrected chi connectivity index (χ2v) is 8.65. The summed E-state index contributed by atoms with van der Waals surface area (Å²) < 4.78 is 7.34. The fourth-order valence-electron chi connectivity index (χ4n) is 4.27. The van der Waals surface area contributed by atoms with Crippen molar-refractivity contribution in [3.63, 3.8) is 0 Å². The minimum atomic E-state index is -0.329. The van der Waals surface area contributed by atoms with E-state index in [9.17, 15) is 9.59 Å². The van der Waals surface area contributed by atoms with E-state index < -0.39 is 0 Å². The first-order valence-electron chi connectivity index (χ1n) is 11.8. The molecule has 1 aliphatic rings. The van der Waals surface area contributed by atoms with Crippen molar-refractivity contribution in [2.24, 2.45) is 5.92 Å². The predicted octanol–water partition coefficient (Wildman–Crippen LogP) is 4.09. The van der Waals surface area contributed by atoms with Crippen molar-refractivity contribution in [2.45, 2.75) is 26.0 Å². The standard InChI is InChI=1S/C27H27N5O3/c33-26(22-12-14-31(15-13-22)27(34)35-18-20-6-2-1-3-7-20)29-17-21-10-11-25(28-16-21)32-19-30-23-8-4-5-9-24(23)32/h1-11,16,19,22H,12-15,17-18H2,(H,29,33). The number of para-hydroxylation sites is 2. The monoisotopic (exact) mass is 469 g/mol. The second kappa shape index (κ2) is 10.4. The third-order valence-electron chi connectivity index (χ3n) is 6.31. The Bertz CT molecular complexity index is 1300. The molecule has 0 unspecified atom stereocenters. The number of carbonyl (C=O) groups is 2. The largest absolute Gasteiger partial charge is 0.445 e. The number of hydrogen-bond donors (Lipinski definition) is 1. The van der Waals surface area contributed by atoms with Gasteiger partial charge in [0.2, 0.25) is 5.91 Å². The van der Waals surface area contributed by atoms with E-state index in [0.717, 1.165) is 28.0 Å². The van der Waals surface area contributed by atoms with Crippen LogP contribution in [0.15, 0.2) is 79.3 Å². The average Bonchev–Trinajstić information content (AvgIpc) is 3.35. The lowest BCUT2D eigenvalue weighted by molar-refractivity contribution is -0.126. The number of nitrogens with zero attached hydrogens (tertiary/aromatic N) is 4. The number of piperidine rings is 1. The van der Waals surface area contributed by atoms with Crippen molar-refractivity contribution in [1.82, 2.24) is 24.8 Å². The Morgan fingerprint density at radius 1 is 0.914 bits per heavy atom. The van der Waals surface area contributed by atoms with Crippen molar-refractivity contribution < 1.29 is 14.3 Å². The molecule has 8 nitrogen and oxygen atoms in total. The Labute approximate surface area is 203 Å². The molecule has 178 valence electrons. The third-order valence-corrected chi connectivity index (χ3v) is 6.31. The first-order chi connectivity index (χ1) is 17.2. The molecule has 3 heterocycles. The van der Waals surface area contributed by atoms with Crippen LogP contribution in [0.2, 0.25) is 0 Å². The molecule has 0 saturated carbocycles. The number of amides is 2. The Kier molecular flexibility index (Phi) is 6.70. The molecule has 2 amide bonds. The van der Waals surface area contributed by atoms with Gasteiger partial charge in [0.1, 0.15) is 18.8 Å². The first kappa shape index (κ1) is 22.6. The van der Waals surface area contributed by atoms with Gasteiger partial charge < -0.3 is 15.0 Å². The van der Waals surface area contributed by atoms with E-state index >= 15 is 0 Å². The molecule has 1 aliphatic heterocycles. The van der Waals surface area contributed by atoms with Gasteiger partial charge >= 0.3 is 6.09 Å². The minimum absolute atomic E-state index is 0.00647. The lowest BCUT2D eigenvalue weighted by Crippen LogP contribution is -2.43. The van der Waals surface area contributed by atoms with Gasteiger partial charge in [-0.2, -0.15) is 0 Å². The van der Waals surface area contributed by atoms with Gasteiger partial charge in [-0.15, -0.1) is 0 Å². The van der Waals surface area contributed by atoms with E-state index in [-0.39, 0.29) is 24.5 Å². The Balaban J connectivity index is 1.08. The van der Waals surface area contributed by atoms with E-state index in [4.69, 9.17) is 4.74 Å². The normalized spacial score (nSPS) is 14.1. The number of carbonyl (C=O) groups excluding carboxylic acids is 2. The number of rotatable bonds is 6. The van der Waals surface area contributed by atoms with E-state index in [1.54, 1.807) is 17.4 Å². The van der Waals surface area contributed by atoms with Crippen molar-refractivity contribution in [2.75, 3.05) is 13.1 Å². The van der Waals surface area contributed by atoms with Gasteiger partial charge in [0.05, 0.1) is 11.0 Å². The third kappa shape index (κ3) is 5.32. The molecule has 4 aromatic rings. The number of aromatic nitrogens is 3. The van der Waals surface area contributed by atoms with Crippen molar-refractivity contribution in [1.29, 1.82) is 0 Å². The van der Waals surface area contributed by atoms with Gasteiger partial charge in [-0.05, 0) is 42.2 Å². The summed E-state index contributed by atoms with van der Waals surface area (Å²) in [6.45, 7) is 1.70. The zero-order valence-corrected chi connectivity index (χ0v) is 19.3. The number of pyridine rings is 1. The van der Waals surface area contributed by atoms with Gasteiger partial charge in [-0.1, -0.05) is 48.5 Å². The van der Waals surface area contributed by atoms with Crippen LogP contribution in [-0.4, -0.2) is 44.5 Å². The molecule has 2 aromatic carbocycles. The van der Waals surface area contributed by atoms with E-state index in [1.165, 1.54) is 0 Å². The molecular weight excluding hydrogens is 442 g/mol. The topological polar surface area (TPSA) is 89.4 Å². The van der Waals surface area contributed by atoms with Crippen LogP contribution in [0.25, 0.3) is 16.9 Å². The maximum absolute atomic E-state index is 12.7. The lowest BCUT2D eigenvalue weighted by atomic mass is 9.96. The number of fused-ring (bicyclic) bond motifs is 1. The number of likely N-dealkylation sites (tertiary alicyclic amines) is 1. The molecular formula is C27H27N5O3. The SMILES string of the molecule is O=C(NCc1ccc(-n2cnc3ccccc32)nc1)C1CCN(C(=O)OCc2ccccc2)CC1. The number of benzene rings is 2. The highest BCUT2D eigenvalue weighted by atomic mass is 16.6. The molecule has 1 saturated heterocycles. The molecule has 35 heavy (non-hydrogen) atoms. The van der Waals surface area contributed by atoms with Crippen LogP contribution in [0.3, 0.4) is 0 Å². The average molecular weight is 470 g/mol. The lowest BCUT2D eigenvalue weighted by Gasteiger charge is -2.30. The highest BCUT2D eigenvalue weighted by molar-refractivity contribution is 5.79. The van der Waals surface area contributed by atoms with Crippen molar-refractivity contribution >= 4 is 23.0 Å². The number of nitrogens with one attached hydrogen (secondary N) is 1. The van der Waals surface area contributed by atoms with Gasteiger partial charge in [0, 0.05) is 31.7 Å². The number of ether oxygens (including phenoxy) is 1. The molecule has 8 heteroatoms. The van der Waals surface area contributed by atoms with Crippen LogP contribution >= 0.6 is 0 Å². The minimum Gasteiger partial charge on any atom is -0.445 e. The van der Waals surface area contributed by atoms with Gasteiger partial charge in [-0.3, -0.25) is 9.36 Å². The van der Waals surface area contributed by atoms with Crippen LogP contribution < -0.4 is 5.32 Å². The van der Waals surface area contributed by atoms with Crippen molar-refractivity contribution in [3.05, 3.63) is 90.4 Å². The maximum Gasteiger partial charge on any atom is 0.410 e. The Hall–Kier alpha value is -4.20. The summed E-state index contributed by atoms with van der Waals surface area (Å²) in [6, 6.07) is 21.4. The molecule has 0 atom stereocenters. The first-order valence-corrected chi connectivity index (χ1v) is 11.8. The van der Waals surface area contributed by atoms with E-state index in [1.807, 2.05) is 71.3 Å². The molecule has 5 rings (SSSR count). The highest BCUT2D eigenvalue weighted by Crippen LogP contribution is 2.19. The van der Waals surface area contributed by atoms with Gasteiger partial charge in [-0.25, -0.2) is 14.8 Å². The molecule has 0 spiro atoms. The van der Waals surface area contributed by atoms with Crippen LogP contribution in [0.5, 0.6) is 0 Å². The second-order valence-electron chi connectivity index (χ2n) is 8.65. The highest BCUT2D eigenvalue weighted by Gasteiger charge is 2.28. The zero-order valence-electron chi connectivity index (χ0n) is 19.3. The van der Waals surface area contributed by atoms with E-state index in [2.05, 4.69) is 15.3 Å². The molecule has 0 aliphatic carbocycles. The van der Waals surface area contributed by atoms with Crippen molar-refractivity contribution in [3.8, 4) is 5.82 Å². The molecule has 1 N–H and O–H groups in total. The zero-order chi connectivity index (χ0) is 24.0. The van der Waals surface area contributed by atoms with Crippen LogP contribution in [0.4, 0.5) is 4.79 Å². The van der Waals surface area contributed by atoms with Crippen LogP contribution in [0.1, 0.15) is 24.0 Å². The van der Waals surface area contributed by atoms with E-state index in [0.29, 0.717) is 32.5 Å². The predicted molar refractivity (Wildman–Crippen MR) is 132 cm³/mol. The maximum atomic E-state index is 12.7. The summed E-state index contributed by atoms with van der Waals surface area (Å²) in [5.74, 6) is 0.671. The van der Waals surface area contributed by atoms with Crippen LogP contribution in [0, 0.1) is 5.92 Å². The fraction of sp³-hybridized carbons (Fsp3) is 0.259. The summed E-state index contributed by atoms with van der Waals surface area (Å²) >= 11 is 0. The molecule has 0 bridgehead atoms. The molecule has 2 aromatic heterocycles. The van der Waals surface area contributed by atoms with Gasteiger partial charge in [0.15, 0.2) is 0 Å². The number of imidazole rings is 1. The Morgan fingerprint density at radius 3 is 2.46 bits per heavy atom. The molecule has 1 fully saturated rings. The van der Waals surface area contributed by atoms with Crippen LogP contribution in [-0.2, 0) is 22.7 Å². The Morgan fingerprint density at radius 2 is 1.69 bits per heavy atom. The fourth-order valence-corrected chi connectivity index (χ4v) is 4.27. The number of hydrogen-bond acceptors (Lipinski definition) is 5. The summed E-state index contributed by atoms with van der Waals surface area (Å²) in [7, 11) is 0. The smallest absolute Gasteiger partial charge is 0.410 e. The van der Waals surface area contributed by atoms with Gasteiger partial charge in [0.25, 0.3) is 0 Å². The quantitative estimate of drug-likeness (QED) is 0.460. The summed E-state index contributed by atoms with van der Waals surface area (Å²) in [5.41, 5.74) is 3.79. The summed E-state index contributed by atoms with van der Waals surface area (Å²) in [6.07, 6.45) is 4.45. The summed E-state index contributed by atoms with van der Waals surface area (Å²) in [4.78, 5) is 35.6. The summed E-state index contributed by atoms with van der Waals surface area (Å²) in [5, 5.41) is 3.01. The molecule has 0 radical (unpaired) electrons.